The Hall–Kier alpha value is -0.0400. The van der Waals surface area contributed by atoms with Crippen molar-refractivity contribution in [2.24, 2.45) is 0 Å². The van der Waals surface area contributed by atoms with Crippen molar-refractivity contribution in [3.8, 4) is 0 Å². The molecule has 0 saturated carbocycles. The zero-order chi connectivity index (χ0) is 15.1. The monoisotopic (exact) mass is 284 g/mol. The summed E-state index contributed by atoms with van der Waals surface area (Å²) in [6, 6.07) is 0. The van der Waals surface area contributed by atoms with Crippen molar-refractivity contribution in [3.63, 3.8) is 0 Å². The van der Waals surface area contributed by atoms with Crippen LogP contribution in [0.4, 0.5) is 0 Å². The van der Waals surface area contributed by atoms with E-state index >= 15 is 0 Å². The first-order chi connectivity index (χ1) is 9.62. The van der Waals surface area contributed by atoms with Crippen LogP contribution < -0.4 is 0 Å². The lowest BCUT2D eigenvalue weighted by atomic mass is 9.91. The summed E-state index contributed by atoms with van der Waals surface area (Å²) in [5, 5.41) is 10.3. The first-order valence-corrected chi connectivity index (χ1v) is 9.34. The van der Waals surface area contributed by atoms with Crippen molar-refractivity contribution in [1.29, 1.82) is 0 Å². The topological polar surface area (TPSA) is 20.2 Å². The normalized spacial score (nSPS) is 14.4. The van der Waals surface area contributed by atoms with Gasteiger partial charge in [0, 0.05) is 0 Å². The number of aliphatic hydroxyl groups is 1. The highest BCUT2D eigenvalue weighted by Gasteiger charge is 2.18. The van der Waals surface area contributed by atoms with E-state index in [1.807, 2.05) is 6.92 Å². The molecule has 0 rings (SSSR count). The van der Waals surface area contributed by atoms with Crippen molar-refractivity contribution < 1.29 is 5.11 Å². The molecule has 0 aliphatic rings. The van der Waals surface area contributed by atoms with Gasteiger partial charge in [0.2, 0.25) is 0 Å². The maximum atomic E-state index is 10.3. The van der Waals surface area contributed by atoms with Crippen LogP contribution in [0.3, 0.4) is 0 Å². The van der Waals surface area contributed by atoms with Crippen molar-refractivity contribution >= 4 is 0 Å². The van der Waals surface area contributed by atoms with E-state index in [1.165, 1.54) is 83.5 Å². The second-order valence-electron chi connectivity index (χ2n) is 6.89. The molecule has 1 unspecified atom stereocenters. The van der Waals surface area contributed by atoms with Crippen LogP contribution in [-0.2, 0) is 0 Å². The van der Waals surface area contributed by atoms with Crippen LogP contribution in [-0.4, -0.2) is 10.7 Å². The average Bonchev–Trinajstić information content (AvgIpc) is 2.42. The molecule has 0 aliphatic heterocycles. The van der Waals surface area contributed by atoms with Gasteiger partial charge in [0.05, 0.1) is 5.60 Å². The Morgan fingerprint density at radius 3 is 1.25 bits per heavy atom. The highest BCUT2D eigenvalue weighted by atomic mass is 16.3. The van der Waals surface area contributed by atoms with Gasteiger partial charge in [-0.05, 0) is 19.8 Å². The Balaban J connectivity index is 3.30. The molecule has 0 radical (unpaired) electrons. The summed E-state index contributed by atoms with van der Waals surface area (Å²) < 4.78 is 0. The third-order valence-corrected chi connectivity index (χ3v) is 4.39. The van der Waals surface area contributed by atoms with E-state index in [9.17, 15) is 5.11 Å². The maximum absolute atomic E-state index is 10.3. The highest BCUT2D eigenvalue weighted by Crippen LogP contribution is 2.22. The van der Waals surface area contributed by atoms with Crippen molar-refractivity contribution in [1.82, 2.24) is 0 Å². The first kappa shape index (κ1) is 20.0. The molecule has 1 N–H and O–H groups in total. The zero-order valence-electron chi connectivity index (χ0n) is 14.6. The fourth-order valence-corrected chi connectivity index (χ4v) is 2.87. The maximum Gasteiger partial charge on any atom is 0.0619 e. The molecular weight excluding hydrogens is 244 g/mol. The molecule has 0 amide bonds. The Bertz CT molecular complexity index is 186. The van der Waals surface area contributed by atoms with Crippen LogP contribution in [0.15, 0.2) is 0 Å². The van der Waals surface area contributed by atoms with Gasteiger partial charge in [-0.2, -0.15) is 0 Å². The van der Waals surface area contributed by atoms with Gasteiger partial charge in [0.1, 0.15) is 0 Å². The molecule has 0 spiro atoms. The molecule has 0 aromatic heterocycles. The second-order valence-corrected chi connectivity index (χ2v) is 6.89. The van der Waals surface area contributed by atoms with Crippen LogP contribution in [0, 0.1) is 0 Å². The molecule has 0 aliphatic carbocycles. The predicted molar refractivity (Wildman–Crippen MR) is 91.2 cm³/mol. The molecule has 20 heavy (non-hydrogen) atoms. The van der Waals surface area contributed by atoms with Gasteiger partial charge >= 0.3 is 0 Å². The average molecular weight is 285 g/mol. The third kappa shape index (κ3) is 14.4. The van der Waals surface area contributed by atoms with Crippen LogP contribution >= 0.6 is 0 Å². The fourth-order valence-electron chi connectivity index (χ4n) is 2.87. The summed E-state index contributed by atoms with van der Waals surface area (Å²) in [4.78, 5) is 0. The molecule has 1 atom stereocenters. The minimum atomic E-state index is -0.408. The van der Waals surface area contributed by atoms with Crippen molar-refractivity contribution in [3.05, 3.63) is 0 Å². The van der Waals surface area contributed by atoms with Crippen molar-refractivity contribution in [2.45, 2.75) is 123 Å². The van der Waals surface area contributed by atoms with E-state index in [4.69, 9.17) is 0 Å². The summed E-state index contributed by atoms with van der Waals surface area (Å²) in [5.74, 6) is 0. The van der Waals surface area contributed by atoms with Crippen LogP contribution in [0.1, 0.15) is 117 Å². The third-order valence-electron chi connectivity index (χ3n) is 4.39. The predicted octanol–water partition coefficient (Wildman–Crippen LogP) is 6.63. The zero-order valence-corrected chi connectivity index (χ0v) is 14.6. The summed E-state index contributed by atoms with van der Waals surface area (Å²) in [7, 11) is 0. The van der Waals surface area contributed by atoms with Gasteiger partial charge in [-0.25, -0.2) is 0 Å². The second kappa shape index (κ2) is 13.9. The molecule has 0 aromatic rings. The van der Waals surface area contributed by atoms with E-state index in [-0.39, 0.29) is 0 Å². The smallest absolute Gasteiger partial charge is 0.0619 e. The van der Waals surface area contributed by atoms with Gasteiger partial charge in [0.15, 0.2) is 0 Å². The molecule has 0 heterocycles. The first-order valence-electron chi connectivity index (χ1n) is 9.34. The van der Waals surface area contributed by atoms with E-state index in [1.54, 1.807) is 0 Å². The molecule has 122 valence electrons. The van der Waals surface area contributed by atoms with Crippen LogP contribution in [0.25, 0.3) is 0 Å². The minimum absolute atomic E-state index is 0.408. The van der Waals surface area contributed by atoms with Gasteiger partial charge < -0.3 is 5.11 Å². The fraction of sp³-hybridized carbons (Fsp3) is 1.00. The van der Waals surface area contributed by atoms with Gasteiger partial charge in [0.25, 0.3) is 0 Å². The number of hydrogen-bond acceptors (Lipinski definition) is 1. The Morgan fingerprint density at radius 2 is 0.850 bits per heavy atom. The van der Waals surface area contributed by atoms with E-state index < -0.39 is 5.60 Å². The summed E-state index contributed by atoms with van der Waals surface area (Å²) in [5.41, 5.74) is -0.408. The highest BCUT2D eigenvalue weighted by molar-refractivity contribution is 4.72. The Kier molecular flexibility index (Phi) is 13.9. The Labute approximate surface area is 128 Å². The van der Waals surface area contributed by atoms with Crippen LogP contribution in [0.2, 0.25) is 0 Å². The molecule has 0 fully saturated rings. The number of hydrogen-bond donors (Lipinski definition) is 1. The van der Waals surface area contributed by atoms with Gasteiger partial charge in [-0.1, -0.05) is 97.3 Å². The molecule has 0 saturated heterocycles. The largest absolute Gasteiger partial charge is 0.390 e. The SMILES string of the molecule is CCCCCCCCCCCC(C)(O)CCCCCC. The van der Waals surface area contributed by atoms with Gasteiger partial charge in [-0.15, -0.1) is 0 Å². The summed E-state index contributed by atoms with van der Waals surface area (Å²) in [6.07, 6.45) is 19.3. The van der Waals surface area contributed by atoms with E-state index in [0.717, 1.165) is 12.8 Å². The lowest BCUT2D eigenvalue weighted by molar-refractivity contribution is 0.0366. The lowest BCUT2D eigenvalue weighted by Crippen LogP contribution is -2.23. The molecule has 1 heteroatoms. The summed E-state index contributed by atoms with van der Waals surface area (Å²) >= 11 is 0. The van der Waals surface area contributed by atoms with Gasteiger partial charge in [-0.3, -0.25) is 0 Å². The molecule has 0 aromatic carbocycles. The summed E-state index contributed by atoms with van der Waals surface area (Å²) in [6.45, 7) is 6.54. The molecular formula is C19H40O. The molecule has 1 nitrogen and oxygen atoms in total. The van der Waals surface area contributed by atoms with Crippen molar-refractivity contribution in [2.75, 3.05) is 0 Å². The Morgan fingerprint density at radius 1 is 0.550 bits per heavy atom. The number of rotatable bonds is 15. The standard InChI is InChI=1S/C19H40O/c1-4-6-8-10-11-12-13-14-16-18-19(3,20)17-15-9-7-5-2/h20H,4-18H2,1-3H3. The minimum Gasteiger partial charge on any atom is -0.390 e. The van der Waals surface area contributed by atoms with E-state index in [2.05, 4.69) is 13.8 Å². The van der Waals surface area contributed by atoms with Crippen LogP contribution in [0.5, 0.6) is 0 Å². The van der Waals surface area contributed by atoms with E-state index in [0.29, 0.717) is 0 Å². The number of unbranched alkanes of at least 4 members (excludes halogenated alkanes) is 11. The molecule has 0 bridgehead atoms. The quantitative estimate of drug-likeness (QED) is 0.335. The lowest BCUT2D eigenvalue weighted by Gasteiger charge is -2.23.